The Morgan fingerprint density at radius 3 is 2.35 bits per heavy atom. The standard InChI is InChI=1S/C18H15N3O2/c1-20(2)15-11-8-14(9-12-15)10-13-17-18(22)23-19-21(17)16-6-4-3-5-7-16/h3-9,11-12H,1-2H3/p+1. The smallest absolute Gasteiger partial charge is 0.378 e. The van der Waals surface area contributed by atoms with Gasteiger partial charge in [0, 0.05) is 43.4 Å². The number of aromatic nitrogens is 2. The monoisotopic (exact) mass is 306 g/mol. The van der Waals surface area contributed by atoms with Crippen LogP contribution < -0.4 is 15.2 Å². The lowest BCUT2D eigenvalue weighted by Gasteiger charge is -2.11. The van der Waals surface area contributed by atoms with Gasteiger partial charge in [0.25, 0.3) is 0 Å². The van der Waals surface area contributed by atoms with Crippen molar-refractivity contribution in [3.8, 4) is 17.5 Å². The lowest BCUT2D eigenvalue weighted by Crippen LogP contribution is -2.37. The summed E-state index contributed by atoms with van der Waals surface area (Å²) in [4.78, 5) is 13.9. The van der Waals surface area contributed by atoms with E-state index in [1.165, 1.54) is 4.68 Å². The molecule has 0 unspecified atom stereocenters. The van der Waals surface area contributed by atoms with Crippen molar-refractivity contribution in [1.82, 2.24) is 5.27 Å². The third-order valence-corrected chi connectivity index (χ3v) is 3.37. The quantitative estimate of drug-likeness (QED) is 0.579. The SMILES string of the molecule is CN(C)c1ccc(C#Cc2c(=O)o[nH][n+]2-c2ccccc2)cc1. The molecule has 1 heterocycles. The summed E-state index contributed by atoms with van der Waals surface area (Å²) < 4.78 is 6.39. The van der Waals surface area contributed by atoms with Crippen LogP contribution in [0.25, 0.3) is 5.69 Å². The van der Waals surface area contributed by atoms with Gasteiger partial charge in [-0.3, -0.25) is 4.52 Å². The van der Waals surface area contributed by atoms with Crippen molar-refractivity contribution < 1.29 is 9.20 Å². The van der Waals surface area contributed by atoms with Crippen molar-refractivity contribution in [3.05, 3.63) is 76.3 Å². The summed E-state index contributed by atoms with van der Waals surface area (Å²) in [6.45, 7) is 0. The van der Waals surface area contributed by atoms with Crippen LogP contribution in [0.2, 0.25) is 0 Å². The zero-order valence-corrected chi connectivity index (χ0v) is 12.9. The minimum atomic E-state index is -0.494. The molecule has 0 aliphatic carbocycles. The van der Waals surface area contributed by atoms with Crippen LogP contribution >= 0.6 is 0 Å². The van der Waals surface area contributed by atoms with Gasteiger partial charge in [-0.2, -0.15) is 0 Å². The van der Waals surface area contributed by atoms with Gasteiger partial charge in [-0.15, -0.1) is 0 Å². The van der Waals surface area contributed by atoms with E-state index >= 15 is 0 Å². The van der Waals surface area contributed by atoms with Crippen molar-refractivity contribution in [2.45, 2.75) is 0 Å². The highest BCUT2D eigenvalue weighted by Gasteiger charge is 2.20. The number of anilines is 1. The van der Waals surface area contributed by atoms with Crippen LogP contribution in [0.4, 0.5) is 5.69 Å². The van der Waals surface area contributed by atoms with Crippen LogP contribution in [-0.4, -0.2) is 19.4 Å². The summed E-state index contributed by atoms with van der Waals surface area (Å²) in [7, 11) is 3.96. The molecule has 23 heavy (non-hydrogen) atoms. The average Bonchev–Trinajstić information content (AvgIpc) is 2.95. The second-order valence-corrected chi connectivity index (χ2v) is 5.19. The lowest BCUT2D eigenvalue weighted by molar-refractivity contribution is -0.672. The third kappa shape index (κ3) is 3.16. The Kier molecular flexibility index (Phi) is 3.98. The molecule has 3 rings (SSSR count). The third-order valence-electron chi connectivity index (χ3n) is 3.37. The molecular formula is C18H16N3O2+. The van der Waals surface area contributed by atoms with Crippen LogP contribution in [0.15, 0.2) is 63.9 Å². The summed E-state index contributed by atoms with van der Waals surface area (Å²) in [5.41, 5.74) is 2.47. The Morgan fingerprint density at radius 1 is 1.00 bits per heavy atom. The fourth-order valence-electron chi connectivity index (χ4n) is 2.11. The highest BCUT2D eigenvalue weighted by molar-refractivity contribution is 5.50. The molecule has 1 N–H and O–H groups in total. The molecule has 5 nitrogen and oxygen atoms in total. The Balaban J connectivity index is 1.96. The highest BCUT2D eigenvalue weighted by Crippen LogP contribution is 2.11. The van der Waals surface area contributed by atoms with Gasteiger partial charge >= 0.3 is 11.3 Å². The first-order valence-corrected chi connectivity index (χ1v) is 7.13. The number of para-hydroxylation sites is 1. The first-order chi connectivity index (χ1) is 11.1. The second kappa shape index (κ2) is 6.24. The Labute approximate surface area is 133 Å². The molecule has 0 fully saturated rings. The number of hydrogen-bond donors (Lipinski definition) is 1. The van der Waals surface area contributed by atoms with Gasteiger partial charge in [0.15, 0.2) is 0 Å². The number of aromatic amines is 1. The summed E-state index contributed by atoms with van der Waals surface area (Å²) >= 11 is 0. The normalized spacial score (nSPS) is 10.0. The number of H-pyrrole nitrogens is 1. The van der Waals surface area contributed by atoms with Gasteiger partial charge in [0.2, 0.25) is 5.69 Å². The minimum Gasteiger partial charge on any atom is -0.378 e. The summed E-state index contributed by atoms with van der Waals surface area (Å²) in [6.07, 6.45) is 0. The molecule has 0 bridgehead atoms. The van der Waals surface area contributed by atoms with Crippen LogP contribution in [0.3, 0.4) is 0 Å². The van der Waals surface area contributed by atoms with E-state index in [0.29, 0.717) is 0 Å². The van der Waals surface area contributed by atoms with E-state index in [-0.39, 0.29) is 5.69 Å². The molecule has 0 radical (unpaired) electrons. The summed E-state index contributed by atoms with van der Waals surface area (Å²) in [5.74, 6) is 5.88. The predicted octanol–water partition coefficient (Wildman–Crippen LogP) is 1.71. The first kappa shape index (κ1) is 14.7. The van der Waals surface area contributed by atoms with Crippen LogP contribution in [0, 0.1) is 11.8 Å². The van der Waals surface area contributed by atoms with Crippen molar-refractivity contribution in [1.29, 1.82) is 0 Å². The molecule has 0 aliphatic heterocycles. The van der Waals surface area contributed by atoms with Crippen molar-refractivity contribution in [2.75, 3.05) is 19.0 Å². The van der Waals surface area contributed by atoms with Gasteiger partial charge in [0.1, 0.15) is 0 Å². The van der Waals surface area contributed by atoms with E-state index in [2.05, 4.69) is 17.1 Å². The van der Waals surface area contributed by atoms with E-state index in [9.17, 15) is 4.79 Å². The molecule has 0 spiro atoms. The summed E-state index contributed by atoms with van der Waals surface area (Å²) in [5, 5.41) is 2.57. The number of benzene rings is 2. The topological polar surface area (TPSA) is 53.1 Å². The molecule has 0 saturated heterocycles. The largest absolute Gasteiger partial charge is 0.444 e. The van der Waals surface area contributed by atoms with E-state index in [1.54, 1.807) is 0 Å². The molecule has 0 amide bonds. The molecule has 3 aromatic rings. The number of nitrogens with zero attached hydrogens (tertiary/aromatic N) is 2. The second-order valence-electron chi connectivity index (χ2n) is 5.19. The number of rotatable bonds is 2. The molecule has 5 heteroatoms. The Bertz CT molecular complexity index is 911. The molecule has 114 valence electrons. The fourth-order valence-corrected chi connectivity index (χ4v) is 2.11. The van der Waals surface area contributed by atoms with E-state index in [4.69, 9.17) is 4.52 Å². The molecule has 1 aromatic heterocycles. The molecule has 2 aromatic carbocycles. The highest BCUT2D eigenvalue weighted by atomic mass is 16.5. The van der Waals surface area contributed by atoms with Gasteiger partial charge < -0.3 is 4.90 Å². The maximum Gasteiger partial charge on any atom is 0.444 e. The van der Waals surface area contributed by atoms with Gasteiger partial charge in [-0.25, -0.2) is 4.79 Å². The van der Waals surface area contributed by atoms with E-state index in [0.717, 1.165) is 16.9 Å². The maximum atomic E-state index is 11.9. The zero-order chi connectivity index (χ0) is 16.2. The zero-order valence-electron chi connectivity index (χ0n) is 12.9. The van der Waals surface area contributed by atoms with Crippen LogP contribution in [0.5, 0.6) is 0 Å². The van der Waals surface area contributed by atoms with Gasteiger partial charge in [0.05, 0.1) is 0 Å². The lowest BCUT2D eigenvalue weighted by atomic mass is 10.2. The van der Waals surface area contributed by atoms with Crippen molar-refractivity contribution in [3.63, 3.8) is 0 Å². The first-order valence-electron chi connectivity index (χ1n) is 7.13. The van der Waals surface area contributed by atoms with Crippen molar-refractivity contribution >= 4 is 5.69 Å². The average molecular weight is 306 g/mol. The van der Waals surface area contributed by atoms with Gasteiger partial charge in [-0.05, 0) is 34.2 Å². The predicted molar refractivity (Wildman–Crippen MR) is 87.6 cm³/mol. The molecule has 0 saturated carbocycles. The fraction of sp³-hybridized carbons (Fsp3) is 0.111. The van der Waals surface area contributed by atoms with E-state index in [1.807, 2.05) is 73.6 Å². The molecule has 0 aliphatic rings. The maximum absolute atomic E-state index is 11.9. The van der Waals surface area contributed by atoms with Crippen LogP contribution in [0.1, 0.15) is 11.3 Å². The molecular weight excluding hydrogens is 290 g/mol. The summed E-state index contributed by atoms with van der Waals surface area (Å²) in [6, 6.07) is 17.2. The molecule has 0 atom stereocenters. The van der Waals surface area contributed by atoms with Crippen molar-refractivity contribution in [2.24, 2.45) is 0 Å². The number of hydrogen-bond acceptors (Lipinski definition) is 3. The van der Waals surface area contributed by atoms with E-state index < -0.39 is 5.63 Å². The van der Waals surface area contributed by atoms with Gasteiger partial charge in [-0.1, -0.05) is 24.1 Å². The minimum absolute atomic E-state index is 0.257. The number of nitrogens with one attached hydrogen (secondary N) is 1. The Hall–Kier alpha value is -3.26. The Morgan fingerprint density at radius 2 is 1.70 bits per heavy atom. The van der Waals surface area contributed by atoms with Crippen LogP contribution in [-0.2, 0) is 0 Å².